The predicted octanol–water partition coefficient (Wildman–Crippen LogP) is 3.13. The molecule has 0 amide bonds. The number of aromatic nitrogens is 2. The van der Waals surface area contributed by atoms with Crippen molar-refractivity contribution < 1.29 is 13.9 Å². The van der Waals surface area contributed by atoms with Gasteiger partial charge in [-0.3, -0.25) is 4.68 Å². The van der Waals surface area contributed by atoms with Crippen LogP contribution in [0.4, 0.5) is 8.78 Å². The number of aryl methyl sites for hydroxylation is 1. The molecule has 0 fully saturated rings. The van der Waals surface area contributed by atoms with Crippen LogP contribution in [-0.4, -0.2) is 14.9 Å². The van der Waals surface area contributed by atoms with Gasteiger partial charge < -0.3 is 5.11 Å². The molecule has 0 saturated heterocycles. The van der Waals surface area contributed by atoms with Gasteiger partial charge in [0.25, 0.3) is 0 Å². The van der Waals surface area contributed by atoms with E-state index in [1.165, 1.54) is 12.1 Å². The SMILES string of the molecule is Cn1nc(C(O)Cc2cccc(F)c2F)c2ccccc21. The molecule has 0 aliphatic rings. The summed E-state index contributed by atoms with van der Waals surface area (Å²) < 4.78 is 28.6. The van der Waals surface area contributed by atoms with Crippen LogP contribution in [0.1, 0.15) is 17.4 Å². The van der Waals surface area contributed by atoms with Gasteiger partial charge in [-0.2, -0.15) is 5.10 Å². The zero-order valence-electron chi connectivity index (χ0n) is 11.4. The minimum absolute atomic E-state index is 0.0232. The number of aliphatic hydroxyl groups is 1. The Morgan fingerprint density at radius 3 is 2.71 bits per heavy atom. The number of nitrogens with zero attached hydrogens (tertiary/aromatic N) is 2. The third kappa shape index (κ3) is 2.40. The molecular formula is C16H14F2N2O. The number of fused-ring (bicyclic) bond motifs is 1. The molecule has 0 bridgehead atoms. The first-order valence-electron chi connectivity index (χ1n) is 6.60. The molecule has 5 heteroatoms. The van der Waals surface area contributed by atoms with Gasteiger partial charge in [0.15, 0.2) is 11.6 Å². The van der Waals surface area contributed by atoms with E-state index < -0.39 is 17.7 Å². The maximum absolute atomic E-state index is 13.7. The van der Waals surface area contributed by atoms with Crippen molar-refractivity contribution in [1.82, 2.24) is 9.78 Å². The fraction of sp³-hybridized carbons (Fsp3) is 0.188. The van der Waals surface area contributed by atoms with Crippen LogP contribution in [-0.2, 0) is 13.5 Å². The quantitative estimate of drug-likeness (QED) is 0.804. The first-order valence-corrected chi connectivity index (χ1v) is 6.60. The Morgan fingerprint density at radius 1 is 1.14 bits per heavy atom. The highest BCUT2D eigenvalue weighted by atomic mass is 19.2. The normalized spacial score (nSPS) is 12.8. The topological polar surface area (TPSA) is 38.0 Å². The second-order valence-electron chi connectivity index (χ2n) is 4.96. The van der Waals surface area contributed by atoms with Gasteiger partial charge in [0.1, 0.15) is 6.10 Å². The van der Waals surface area contributed by atoms with E-state index in [-0.39, 0.29) is 12.0 Å². The highest BCUT2D eigenvalue weighted by Crippen LogP contribution is 2.26. The predicted molar refractivity (Wildman–Crippen MR) is 75.7 cm³/mol. The summed E-state index contributed by atoms with van der Waals surface area (Å²) in [5, 5.41) is 15.4. The van der Waals surface area contributed by atoms with E-state index in [0.29, 0.717) is 5.69 Å². The molecule has 1 aromatic heterocycles. The van der Waals surface area contributed by atoms with Gasteiger partial charge in [-0.25, -0.2) is 8.78 Å². The Labute approximate surface area is 120 Å². The summed E-state index contributed by atoms with van der Waals surface area (Å²) in [6.07, 6.45) is -1.02. The summed E-state index contributed by atoms with van der Waals surface area (Å²) in [6, 6.07) is 11.4. The van der Waals surface area contributed by atoms with Crippen LogP contribution in [0.5, 0.6) is 0 Å². The second-order valence-corrected chi connectivity index (χ2v) is 4.96. The average Bonchev–Trinajstić information content (AvgIpc) is 2.82. The summed E-state index contributed by atoms with van der Waals surface area (Å²) in [6.45, 7) is 0. The lowest BCUT2D eigenvalue weighted by molar-refractivity contribution is 0.172. The average molecular weight is 288 g/mol. The van der Waals surface area contributed by atoms with Crippen LogP contribution in [0, 0.1) is 11.6 Å². The third-order valence-corrected chi connectivity index (χ3v) is 3.55. The van der Waals surface area contributed by atoms with Crippen molar-refractivity contribution in [2.75, 3.05) is 0 Å². The van der Waals surface area contributed by atoms with E-state index in [4.69, 9.17) is 0 Å². The summed E-state index contributed by atoms with van der Waals surface area (Å²) in [7, 11) is 1.78. The van der Waals surface area contributed by atoms with Gasteiger partial charge in [0, 0.05) is 18.9 Å². The van der Waals surface area contributed by atoms with Crippen LogP contribution in [0.15, 0.2) is 42.5 Å². The minimum Gasteiger partial charge on any atom is -0.386 e. The van der Waals surface area contributed by atoms with Crippen LogP contribution in [0.25, 0.3) is 10.9 Å². The van der Waals surface area contributed by atoms with E-state index in [0.717, 1.165) is 17.0 Å². The first kappa shape index (κ1) is 13.7. The van der Waals surface area contributed by atoms with Crippen LogP contribution >= 0.6 is 0 Å². The molecule has 1 unspecified atom stereocenters. The molecule has 1 heterocycles. The highest BCUT2D eigenvalue weighted by Gasteiger charge is 2.19. The van der Waals surface area contributed by atoms with Gasteiger partial charge in [-0.1, -0.05) is 30.3 Å². The molecule has 108 valence electrons. The van der Waals surface area contributed by atoms with Crippen molar-refractivity contribution in [3.05, 3.63) is 65.4 Å². The van der Waals surface area contributed by atoms with Crippen molar-refractivity contribution in [3.8, 4) is 0 Å². The fourth-order valence-corrected chi connectivity index (χ4v) is 2.50. The molecule has 2 aromatic carbocycles. The molecular weight excluding hydrogens is 274 g/mol. The largest absolute Gasteiger partial charge is 0.386 e. The van der Waals surface area contributed by atoms with Crippen LogP contribution in [0.3, 0.4) is 0 Å². The molecule has 0 aliphatic heterocycles. The summed E-state index contributed by atoms with van der Waals surface area (Å²) >= 11 is 0. The van der Waals surface area contributed by atoms with E-state index in [9.17, 15) is 13.9 Å². The van der Waals surface area contributed by atoms with E-state index in [1.54, 1.807) is 11.7 Å². The third-order valence-electron chi connectivity index (χ3n) is 3.55. The zero-order chi connectivity index (χ0) is 15.0. The number of halogens is 2. The molecule has 0 saturated carbocycles. The number of hydrogen-bond acceptors (Lipinski definition) is 2. The van der Waals surface area contributed by atoms with Gasteiger partial charge >= 0.3 is 0 Å². The molecule has 3 rings (SSSR count). The van der Waals surface area contributed by atoms with Crippen molar-refractivity contribution in [2.45, 2.75) is 12.5 Å². The molecule has 3 nitrogen and oxygen atoms in total. The Balaban J connectivity index is 1.98. The zero-order valence-corrected chi connectivity index (χ0v) is 11.4. The fourth-order valence-electron chi connectivity index (χ4n) is 2.50. The lowest BCUT2D eigenvalue weighted by Gasteiger charge is -2.09. The first-order chi connectivity index (χ1) is 10.1. The van der Waals surface area contributed by atoms with E-state index >= 15 is 0 Å². The van der Waals surface area contributed by atoms with Crippen LogP contribution in [0.2, 0.25) is 0 Å². The molecule has 0 spiro atoms. The van der Waals surface area contributed by atoms with Crippen molar-refractivity contribution in [2.24, 2.45) is 7.05 Å². The summed E-state index contributed by atoms with van der Waals surface area (Å²) in [5.74, 6) is -1.83. The van der Waals surface area contributed by atoms with Gasteiger partial charge in [0.05, 0.1) is 11.2 Å². The summed E-state index contributed by atoms with van der Waals surface area (Å²) in [5.41, 5.74) is 1.49. The highest BCUT2D eigenvalue weighted by molar-refractivity contribution is 5.82. The van der Waals surface area contributed by atoms with E-state index in [1.807, 2.05) is 24.3 Å². The number of benzene rings is 2. The number of para-hydroxylation sites is 1. The monoisotopic (exact) mass is 288 g/mol. The summed E-state index contributed by atoms with van der Waals surface area (Å²) in [4.78, 5) is 0. The Morgan fingerprint density at radius 2 is 1.90 bits per heavy atom. The molecule has 0 radical (unpaired) electrons. The lowest BCUT2D eigenvalue weighted by atomic mass is 10.0. The standard InChI is InChI=1S/C16H14F2N2O/c1-20-13-8-3-2-6-11(13)16(19-20)14(21)9-10-5-4-7-12(17)15(10)18/h2-8,14,21H,9H2,1H3. The van der Waals surface area contributed by atoms with Gasteiger partial charge in [0.2, 0.25) is 0 Å². The Kier molecular flexibility index (Phi) is 3.43. The van der Waals surface area contributed by atoms with Gasteiger partial charge in [-0.15, -0.1) is 0 Å². The number of rotatable bonds is 3. The van der Waals surface area contributed by atoms with Crippen molar-refractivity contribution in [3.63, 3.8) is 0 Å². The molecule has 3 aromatic rings. The number of hydrogen-bond donors (Lipinski definition) is 1. The van der Waals surface area contributed by atoms with Crippen molar-refractivity contribution in [1.29, 1.82) is 0 Å². The minimum atomic E-state index is -0.993. The van der Waals surface area contributed by atoms with Crippen molar-refractivity contribution >= 4 is 10.9 Å². The Bertz CT molecular complexity index is 798. The van der Waals surface area contributed by atoms with E-state index in [2.05, 4.69) is 5.10 Å². The molecule has 0 aliphatic carbocycles. The Hall–Kier alpha value is -2.27. The smallest absolute Gasteiger partial charge is 0.162 e. The lowest BCUT2D eigenvalue weighted by Crippen LogP contribution is -2.06. The molecule has 21 heavy (non-hydrogen) atoms. The maximum Gasteiger partial charge on any atom is 0.162 e. The second kappa shape index (κ2) is 5.26. The van der Waals surface area contributed by atoms with Gasteiger partial charge in [-0.05, 0) is 17.7 Å². The number of aliphatic hydroxyl groups excluding tert-OH is 1. The maximum atomic E-state index is 13.7. The molecule has 1 N–H and O–H groups in total. The molecule has 1 atom stereocenters. The van der Waals surface area contributed by atoms with Crippen LogP contribution < -0.4 is 0 Å².